The van der Waals surface area contributed by atoms with Crippen LogP contribution in [0.15, 0.2) is 6.07 Å². The lowest BCUT2D eigenvalue weighted by atomic mass is 9.94. The summed E-state index contributed by atoms with van der Waals surface area (Å²) in [7, 11) is -3.65. The predicted octanol–water partition coefficient (Wildman–Crippen LogP) is 3.69. The summed E-state index contributed by atoms with van der Waals surface area (Å²) in [5, 5.41) is 7.50. The molecular formula is C19H30F3N5O2S. The van der Waals surface area contributed by atoms with Crippen molar-refractivity contribution in [2.45, 2.75) is 76.7 Å². The van der Waals surface area contributed by atoms with E-state index in [2.05, 4.69) is 10.4 Å². The fraction of sp³-hybridized carbons (Fsp3) is 0.842. The average molecular weight is 450 g/mol. The molecule has 1 N–H and O–H groups in total. The first-order valence-electron chi connectivity index (χ1n) is 10.8. The van der Waals surface area contributed by atoms with Gasteiger partial charge in [-0.3, -0.25) is 0 Å². The van der Waals surface area contributed by atoms with Crippen molar-refractivity contribution >= 4 is 16.0 Å². The lowest BCUT2D eigenvalue weighted by Crippen LogP contribution is -2.46. The van der Waals surface area contributed by atoms with Gasteiger partial charge in [0.1, 0.15) is 5.82 Å². The molecule has 0 unspecified atom stereocenters. The van der Waals surface area contributed by atoms with E-state index in [1.54, 1.807) is 6.07 Å². The fourth-order valence-corrected chi connectivity index (χ4v) is 6.68. The van der Waals surface area contributed by atoms with Gasteiger partial charge in [-0.2, -0.15) is 35.3 Å². The molecule has 2 saturated heterocycles. The molecule has 4 rings (SSSR count). The van der Waals surface area contributed by atoms with E-state index in [1.165, 1.54) is 8.61 Å². The molecule has 11 heteroatoms. The molecule has 30 heavy (non-hydrogen) atoms. The molecule has 170 valence electrons. The van der Waals surface area contributed by atoms with Gasteiger partial charge in [0.25, 0.3) is 10.2 Å². The first-order chi connectivity index (χ1) is 14.1. The summed E-state index contributed by atoms with van der Waals surface area (Å²) in [5.41, 5.74) is 0.402. The van der Waals surface area contributed by atoms with Crippen LogP contribution in [0.25, 0.3) is 0 Å². The Balaban J connectivity index is 1.68. The van der Waals surface area contributed by atoms with E-state index in [0.717, 1.165) is 30.4 Å². The van der Waals surface area contributed by atoms with Crippen molar-refractivity contribution in [3.8, 4) is 0 Å². The summed E-state index contributed by atoms with van der Waals surface area (Å²) >= 11 is 0. The van der Waals surface area contributed by atoms with Crippen LogP contribution in [0.3, 0.4) is 0 Å². The molecule has 4 heterocycles. The molecule has 3 aliphatic rings. The Hall–Kier alpha value is -1.33. The van der Waals surface area contributed by atoms with Gasteiger partial charge in [0.2, 0.25) is 0 Å². The Kier molecular flexibility index (Phi) is 5.82. The molecule has 3 aliphatic heterocycles. The van der Waals surface area contributed by atoms with Gasteiger partial charge in [0.15, 0.2) is 6.04 Å². The molecule has 0 saturated carbocycles. The number of aromatic nitrogens is 2. The summed E-state index contributed by atoms with van der Waals surface area (Å²) in [6.07, 6.45) is -0.696. The van der Waals surface area contributed by atoms with Crippen molar-refractivity contribution in [3.05, 3.63) is 11.8 Å². The van der Waals surface area contributed by atoms with Crippen LogP contribution in [0, 0.1) is 5.92 Å². The van der Waals surface area contributed by atoms with Crippen molar-refractivity contribution in [2.75, 3.05) is 25.0 Å². The van der Waals surface area contributed by atoms with E-state index in [0.29, 0.717) is 37.6 Å². The van der Waals surface area contributed by atoms with E-state index in [4.69, 9.17) is 0 Å². The number of halogens is 3. The van der Waals surface area contributed by atoms with E-state index >= 15 is 0 Å². The standard InChI is InChI=1S/C19H30F3N5O2S/c1-13(2)14-11-17(19(20,21)22)27-18(23-14)12-15(24-27)16-7-3-4-10-26(16)30(28,29)25-8-5-6-9-25/h12-14,16-17,23H,3-11H2,1-2H3/t14-,16-,17+/m0/s1. The minimum absolute atomic E-state index is 0.0312. The average Bonchev–Trinajstić information content (AvgIpc) is 3.36. The zero-order chi connectivity index (χ0) is 21.7. The number of alkyl halides is 3. The lowest BCUT2D eigenvalue weighted by molar-refractivity contribution is -0.174. The van der Waals surface area contributed by atoms with E-state index in [9.17, 15) is 21.6 Å². The van der Waals surface area contributed by atoms with Crippen LogP contribution >= 0.6 is 0 Å². The summed E-state index contributed by atoms with van der Waals surface area (Å²) in [4.78, 5) is 0. The Morgan fingerprint density at radius 1 is 1.13 bits per heavy atom. The zero-order valence-electron chi connectivity index (χ0n) is 17.4. The highest BCUT2D eigenvalue weighted by molar-refractivity contribution is 7.86. The van der Waals surface area contributed by atoms with Gasteiger partial charge in [-0.25, -0.2) is 4.68 Å². The predicted molar refractivity (Wildman–Crippen MR) is 107 cm³/mol. The maximum Gasteiger partial charge on any atom is 0.410 e. The second kappa shape index (κ2) is 7.98. The molecule has 0 amide bonds. The van der Waals surface area contributed by atoms with Gasteiger partial charge in [-0.1, -0.05) is 20.3 Å². The number of fused-ring (bicyclic) bond motifs is 1. The van der Waals surface area contributed by atoms with Crippen LogP contribution < -0.4 is 5.32 Å². The topological polar surface area (TPSA) is 70.5 Å². The second-order valence-electron chi connectivity index (χ2n) is 8.92. The number of anilines is 1. The summed E-state index contributed by atoms with van der Waals surface area (Å²) < 4.78 is 71.7. The largest absolute Gasteiger partial charge is 0.410 e. The van der Waals surface area contributed by atoms with Gasteiger partial charge in [-0.05, 0) is 38.0 Å². The first kappa shape index (κ1) is 21.9. The SMILES string of the molecule is CC(C)[C@@H]1C[C@H](C(F)(F)F)n2nc([C@@H]3CCCCN3S(=O)(=O)N3CCCC3)cc2N1. The molecule has 2 fully saturated rings. The van der Waals surface area contributed by atoms with Crippen molar-refractivity contribution in [1.29, 1.82) is 0 Å². The first-order valence-corrected chi connectivity index (χ1v) is 12.2. The quantitative estimate of drug-likeness (QED) is 0.761. The maximum atomic E-state index is 13.8. The number of hydrogen-bond donors (Lipinski definition) is 1. The summed E-state index contributed by atoms with van der Waals surface area (Å²) in [5.74, 6) is 0.352. The van der Waals surface area contributed by atoms with Crippen LogP contribution in [-0.2, 0) is 10.2 Å². The Labute approximate surface area is 175 Å². The van der Waals surface area contributed by atoms with Gasteiger partial charge in [0, 0.05) is 31.7 Å². The third-order valence-electron chi connectivity index (χ3n) is 6.53. The molecule has 0 aromatic carbocycles. The van der Waals surface area contributed by atoms with Gasteiger partial charge >= 0.3 is 6.18 Å². The molecule has 0 radical (unpaired) electrons. The van der Waals surface area contributed by atoms with E-state index < -0.39 is 28.5 Å². The third kappa shape index (κ3) is 3.95. The van der Waals surface area contributed by atoms with Crippen molar-refractivity contribution in [1.82, 2.24) is 18.4 Å². The van der Waals surface area contributed by atoms with Crippen LogP contribution in [0.2, 0.25) is 0 Å². The molecule has 0 bridgehead atoms. The molecule has 0 spiro atoms. The minimum Gasteiger partial charge on any atom is -0.367 e. The van der Waals surface area contributed by atoms with Crippen LogP contribution in [0.1, 0.15) is 70.2 Å². The number of piperidine rings is 1. The fourth-order valence-electron chi connectivity index (χ4n) is 4.77. The monoisotopic (exact) mass is 449 g/mol. The third-order valence-corrected chi connectivity index (χ3v) is 8.57. The Bertz CT molecular complexity index is 864. The molecule has 7 nitrogen and oxygen atoms in total. The molecule has 3 atom stereocenters. The van der Waals surface area contributed by atoms with E-state index in [-0.39, 0.29) is 18.4 Å². The van der Waals surface area contributed by atoms with Gasteiger partial charge in [-0.15, -0.1) is 0 Å². The molecule has 0 aliphatic carbocycles. The van der Waals surface area contributed by atoms with Crippen molar-refractivity contribution < 1.29 is 21.6 Å². The van der Waals surface area contributed by atoms with E-state index in [1.807, 2.05) is 13.8 Å². The number of rotatable bonds is 4. The summed E-state index contributed by atoms with van der Waals surface area (Å²) in [6.45, 7) is 5.15. The van der Waals surface area contributed by atoms with Crippen molar-refractivity contribution in [3.63, 3.8) is 0 Å². The number of nitrogens with one attached hydrogen (secondary N) is 1. The Morgan fingerprint density at radius 2 is 1.80 bits per heavy atom. The zero-order valence-corrected chi connectivity index (χ0v) is 18.2. The minimum atomic E-state index is -4.42. The van der Waals surface area contributed by atoms with Crippen molar-refractivity contribution in [2.24, 2.45) is 5.92 Å². The Morgan fingerprint density at radius 3 is 2.43 bits per heavy atom. The highest BCUT2D eigenvalue weighted by Gasteiger charge is 2.47. The summed E-state index contributed by atoms with van der Waals surface area (Å²) in [6, 6.07) is -0.933. The molecule has 1 aromatic heterocycles. The lowest BCUT2D eigenvalue weighted by Gasteiger charge is -2.36. The maximum absolute atomic E-state index is 13.8. The normalized spacial score (nSPS) is 29.2. The highest BCUT2D eigenvalue weighted by atomic mass is 32.2. The van der Waals surface area contributed by atoms with Crippen LogP contribution in [-0.4, -0.2) is 58.7 Å². The van der Waals surface area contributed by atoms with Crippen LogP contribution in [0.4, 0.5) is 19.0 Å². The number of hydrogen-bond acceptors (Lipinski definition) is 4. The number of nitrogens with zero attached hydrogens (tertiary/aromatic N) is 4. The van der Waals surface area contributed by atoms with Crippen LogP contribution in [0.5, 0.6) is 0 Å². The smallest absolute Gasteiger partial charge is 0.367 e. The highest BCUT2D eigenvalue weighted by Crippen LogP contribution is 2.43. The molecule has 1 aromatic rings. The molecular weight excluding hydrogens is 419 g/mol. The van der Waals surface area contributed by atoms with Gasteiger partial charge in [0.05, 0.1) is 11.7 Å². The van der Waals surface area contributed by atoms with Gasteiger partial charge < -0.3 is 5.32 Å². The second-order valence-corrected chi connectivity index (χ2v) is 10.8.